The quantitative estimate of drug-likeness (QED) is 0.247. The Hall–Kier alpha value is -3.08. The smallest absolute Gasteiger partial charge is 0.266 e. The molecule has 32 heavy (non-hydrogen) atoms. The number of amides is 1. The van der Waals surface area contributed by atoms with Crippen molar-refractivity contribution < 1.29 is 14.3 Å². The van der Waals surface area contributed by atoms with E-state index in [2.05, 4.69) is 37.2 Å². The van der Waals surface area contributed by atoms with E-state index in [4.69, 9.17) is 9.47 Å². The summed E-state index contributed by atoms with van der Waals surface area (Å²) < 4.78 is 13.2. The largest absolute Gasteiger partial charge is 0.493 e. The van der Waals surface area contributed by atoms with Gasteiger partial charge in [0, 0.05) is 20.2 Å². The van der Waals surface area contributed by atoms with Gasteiger partial charge in [-0.2, -0.15) is 5.26 Å². The maximum absolute atomic E-state index is 12.6. The summed E-state index contributed by atoms with van der Waals surface area (Å²) in [6, 6.07) is 22.3. The zero-order valence-corrected chi connectivity index (χ0v) is 20.4. The molecule has 0 fully saturated rings. The molecule has 0 radical (unpaired) electrons. The third-order valence-corrected chi connectivity index (χ3v) is 5.39. The fraction of sp³-hybridized carbons (Fsp3) is 0.120. The van der Waals surface area contributed by atoms with Crippen molar-refractivity contribution in [2.45, 2.75) is 13.5 Å². The molecule has 0 spiro atoms. The molecule has 0 unspecified atom stereocenters. The number of carbonyl (C=O) groups is 1. The monoisotopic (exact) mass is 554 g/mol. The molecule has 1 amide bonds. The van der Waals surface area contributed by atoms with E-state index >= 15 is 0 Å². The molecule has 0 aliphatic carbocycles. The van der Waals surface area contributed by atoms with Gasteiger partial charge in [0.25, 0.3) is 5.91 Å². The maximum Gasteiger partial charge on any atom is 0.266 e. The second-order valence-corrected chi connectivity index (χ2v) is 8.51. The first-order valence-electron chi connectivity index (χ1n) is 9.81. The van der Waals surface area contributed by atoms with E-state index in [0.29, 0.717) is 36.0 Å². The van der Waals surface area contributed by atoms with Gasteiger partial charge in [-0.1, -0.05) is 44.0 Å². The van der Waals surface area contributed by atoms with E-state index in [9.17, 15) is 10.1 Å². The lowest BCUT2D eigenvalue weighted by molar-refractivity contribution is -0.112. The molecule has 0 aliphatic heterocycles. The van der Waals surface area contributed by atoms with E-state index in [1.54, 1.807) is 36.4 Å². The Kier molecular flexibility index (Phi) is 8.48. The van der Waals surface area contributed by atoms with Crippen molar-refractivity contribution in [1.29, 1.82) is 5.26 Å². The summed E-state index contributed by atoms with van der Waals surface area (Å²) in [5, 5.41) is 12.3. The van der Waals surface area contributed by atoms with Crippen LogP contribution in [0.2, 0.25) is 0 Å². The summed E-state index contributed by atoms with van der Waals surface area (Å²) in [4.78, 5) is 12.6. The lowest BCUT2D eigenvalue weighted by Gasteiger charge is -2.10. The van der Waals surface area contributed by atoms with Crippen molar-refractivity contribution in [1.82, 2.24) is 0 Å². The van der Waals surface area contributed by atoms with Crippen molar-refractivity contribution in [2.24, 2.45) is 0 Å². The number of benzene rings is 3. The van der Waals surface area contributed by atoms with Crippen LogP contribution in [0.4, 0.5) is 5.69 Å². The van der Waals surface area contributed by atoms with Crippen LogP contribution >= 0.6 is 31.9 Å². The number of rotatable bonds is 8. The lowest BCUT2D eigenvalue weighted by atomic mass is 10.1. The number of anilines is 1. The van der Waals surface area contributed by atoms with Gasteiger partial charge in [-0.25, -0.2) is 0 Å². The molecule has 0 aliphatic rings. The van der Waals surface area contributed by atoms with Gasteiger partial charge in [0.1, 0.15) is 29.7 Å². The van der Waals surface area contributed by atoms with Crippen molar-refractivity contribution in [3.63, 3.8) is 0 Å². The summed E-state index contributed by atoms with van der Waals surface area (Å²) in [6.07, 6.45) is 1.51. The first-order valence-corrected chi connectivity index (χ1v) is 11.4. The van der Waals surface area contributed by atoms with Gasteiger partial charge >= 0.3 is 0 Å². The van der Waals surface area contributed by atoms with Crippen LogP contribution in [0.1, 0.15) is 18.1 Å². The molecule has 7 heteroatoms. The molecule has 5 nitrogen and oxygen atoms in total. The van der Waals surface area contributed by atoms with Crippen LogP contribution in [0.15, 0.2) is 81.2 Å². The number of hydrogen-bond donors (Lipinski definition) is 1. The highest BCUT2D eigenvalue weighted by Gasteiger charge is 2.12. The first kappa shape index (κ1) is 23.6. The SMILES string of the molecule is CCOc1ccc(Br)cc1/C=C(\C#N)C(=O)Nc1ccc(OCc2ccc(Br)cc2)cc1. The van der Waals surface area contributed by atoms with Crippen LogP contribution < -0.4 is 14.8 Å². The molecule has 3 aromatic rings. The average molecular weight is 556 g/mol. The highest BCUT2D eigenvalue weighted by molar-refractivity contribution is 9.10. The lowest BCUT2D eigenvalue weighted by Crippen LogP contribution is -2.13. The molecule has 3 rings (SSSR count). The van der Waals surface area contributed by atoms with Crippen LogP contribution in [0.5, 0.6) is 11.5 Å². The fourth-order valence-corrected chi connectivity index (χ4v) is 3.45. The molecule has 0 bridgehead atoms. The number of halogens is 2. The number of nitrogens with zero attached hydrogens (tertiary/aromatic N) is 1. The van der Waals surface area contributed by atoms with E-state index in [0.717, 1.165) is 14.5 Å². The van der Waals surface area contributed by atoms with Crippen LogP contribution in [0.3, 0.4) is 0 Å². The Bertz CT molecular complexity index is 1150. The Morgan fingerprint density at radius 2 is 1.69 bits per heavy atom. The van der Waals surface area contributed by atoms with E-state index in [1.807, 2.05) is 43.3 Å². The second-order valence-electron chi connectivity index (χ2n) is 6.68. The van der Waals surface area contributed by atoms with Crippen molar-refractivity contribution in [2.75, 3.05) is 11.9 Å². The summed E-state index contributed by atoms with van der Waals surface area (Å²) in [6.45, 7) is 2.79. The average Bonchev–Trinajstić information content (AvgIpc) is 2.79. The Balaban J connectivity index is 1.66. The van der Waals surface area contributed by atoms with Crippen molar-refractivity contribution >= 4 is 49.5 Å². The number of nitriles is 1. The normalized spacial score (nSPS) is 10.9. The molecule has 0 saturated heterocycles. The number of carbonyl (C=O) groups excluding carboxylic acids is 1. The zero-order valence-electron chi connectivity index (χ0n) is 17.3. The third-order valence-electron chi connectivity index (χ3n) is 4.37. The molecule has 162 valence electrons. The van der Waals surface area contributed by atoms with Gasteiger partial charge in [0.05, 0.1) is 6.61 Å². The highest BCUT2D eigenvalue weighted by Crippen LogP contribution is 2.26. The third kappa shape index (κ3) is 6.71. The number of ether oxygens (including phenoxy) is 2. The molecule has 0 saturated carbocycles. The topological polar surface area (TPSA) is 71.3 Å². The fourth-order valence-electron chi connectivity index (χ4n) is 2.80. The minimum Gasteiger partial charge on any atom is -0.493 e. The molecule has 3 aromatic carbocycles. The Morgan fingerprint density at radius 1 is 1.00 bits per heavy atom. The Labute approximate surface area is 203 Å². The van der Waals surface area contributed by atoms with Crippen molar-refractivity contribution in [3.8, 4) is 17.6 Å². The summed E-state index contributed by atoms with van der Waals surface area (Å²) >= 11 is 6.81. The van der Waals surface area contributed by atoms with Crippen LogP contribution in [-0.2, 0) is 11.4 Å². The van der Waals surface area contributed by atoms with Crippen molar-refractivity contribution in [3.05, 3.63) is 92.4 Å². The van der Waals surface area contributed by atoms with Gasteiger partial charge < -0.3 is 14.8 Å². The predicted octanol–water partition coefficient (Wildman–Crippen LogP) is 6.73. The zero-order chi connectivity index (χ0) is 22.9. The molecular formula is C25H20Br2N2O3. The van der Waals surface area contributed by atoms with E-state index in [-0.39, 0.29) is 5.57 Å². The highest BCUT2D eigenvalue weighted by atomic mass is 79.9. The molecule has 0 atom stereocenters. The first-order chi connectivity index (χ1) is 15.5. The number of nitrogens with one attached hydrogen (secondary N) is 1. The Morgan fingerprint density at radius 3 is 2.34 bits per heavy atom. The van der Waals surface area contributed by atoms with E-state index < -0.39 is 5.91 Å². The van der Waals surface area contributed by atoms with Gasteiger partial charge in [-0.05, 0) is 73.2 Å². The predicted molar refractivity (Wildman–Crippen MR) is 132 cm³/mol. The molecular weight excluding hydrogens is 536 g/mol. The summed E-state index contributed by atoms with van der Waals surface area (Å²) in [5.41, 5.74) is 2.23. The number of hydrogen-bond acceptors (Lipinski definition) is 4. The van der Waals surface area contributed by atoms with E-state index in [1.165, 1.54) is 6.08 Å². The second kappa shape index (κ2) is 11.5. The van der Waals surface area contributed by atoms with Crippen LogP contribution in [0, 0.1) is 11.3 Å². The molecule has 1 N–H and O–H groups in total. The molecule has 0 aromatic heterocycles. The van der Waals surface area contributed by atoms with Gasteiger partial charge in [0.2, 0.25) is 0 Å². The standard InChI is InChI=1S/C25H20Br2N2O3/c1-2-31-24-12-7-21(27)14-18(24)13-19(15-28)25(30)29-22-8-10-23(11-9-22)32-16-17-3-5-20(26)6-4-17/h3-14H,2,16H2,1H3,(H,29,30)/b19-13+. The maximum atomic E-state index is 12.6. The summed E-state index contributed by atoms with van der Waals surface area (Å²) in [5.74, 6) is 0.777. The minimum absolute atomic E-state index is 0.0281. The molecule has 0 heterocycles. The van der Waals surface area contributed by atoms with Crippen LogP contribution in [0.25, 0.3) is 6.08 Å². The summed E-state index contributed by atoms with van der Waals surface area (Å²) in [7, 11) is 0. The van der Waals surface area contributed by atoms with Crippen LogP contribution in [-0.4, -0.2) is 12.5 Å². The van der Waals surface area contributed by atoms with Gasteiger partial charge in [0.15, 0.2) is 0 Å². The van der Waals surface area contributed by atoms with Gasteiger partial charge in [-0.3, -0.25) is 4.79 Å². The minimum atomic E-state index is -0.501. The van der Waals surface area contributed by atoms with Gasteiger partial charge in [-0.15, -0.1) is 0 Å².